The summed E-state index contributed by atoms with van der Waals surface area (Å²) >= 11 is 5.59. The average Bonchev–Trinajstić information content (AvgIpc) is 1.87. The van der Waals surface area contributed by atoms with E-state index in [0.717, 1.165) is 13.1 Å². The number of rotatable bonds is 5. The third-order valence-corrected chi connectivity index (χ3v) is 1.75. The summed E-state index contributed by atoms with van der Waals surface area (Å²) in [6, 6.07) is 0.432. The van der Waals surface area contributed by atoms with Crippen LogP contribution in [0.1, 0.15) is 6.92 Å². The molecule has 0 fully saturated rings. The van der Waals surface area contributed by atoms with Gasteiger partial charge in [-0.15, -0.1) is 11.6 Å². The molecule has 0 aromatic heterocycles. The van der Waals surface area contributed by atoms with Gasteiger partial charge in [0, 0.05) is 25.0 Å². The van der Waals surface area contributed by atoms with Crippen molar-refractivity contribution in [2.24, 2.45) is 0 Å². The van der Waals surface area contributed by atoms with Gasteiger partial charge in [-0.05, 0) is 21.0 Å². The normalized spacial score (nSPS) is 14.1. The minimum absolute atomic E-state index is 0.432. The summed E-state index contributed by atoms with van der Waals surface area (Å²) < 4.78 is 0. The van der Waals surface area contributed by atoms with Crippen molar-refractivity contribution in [1.82, 2.24) is 10.2 Å². The smallest absolute Gasteiger partial charge is 0.0374 e. The van der Waals surface area contributed by atoms with Gasteiger partial charge in [-0.1, -0.05) is 0 Å². The average molecular weight is 165 g/mol. The minimum atomic E-state index is 0.432. The molecule has 0 bridgehead atoms. The number of likely N-dealkylation sites (N-methyl/N-ethyl adjacent to an activating group) is 1. The Morgan fingerprint density at radius 1 is 1.50 bits per heavy atom. The summed E-state index contributed by atoms with van der Waals surface area (Å²) in [5.74, 6) is 0.688. The number of alkyl halides is 1. The van der Waals surface area contributed by atoms with E-state index < -0.39 is 0 Å². The zero-order valence-corrected chi connectivity index (χ0v) is 7.78. The third kappa shape index (κ3) is 6.33. The Morgan fingerprint density at radius 2 is 2.10 bits per heavy atom. The quantitative estimate of drug-likeness (QED) is 0.604. The van der Waals surface area contributed by atoms with Crippen LogP contribution < -0.4 is 5.32 Å². The van der Waals surface area contributed by atoms with E-state index >= 15 is 0 Å². The van der Waals surface area contributed by atoms with E-state index in [4.69, 9.17) is 11.6 Å². The molecule has 62 valence electrons. The second-order valence-corrected chi connectivity index (χ2v) is 3.12. The maximum atomic E-state index is 5.59. The summed E-state index contributed by atoms with van der Waals surface area (Å²) in [6.45, 7) is 4.17. The predicted octanol–water partition coefficient (Wildman–Crippen LogP) is 0.765. The first kappa shape index (κ1) is 10.2. The molecule has 0 radical (unpaired) electrons. The van der Waals surface area contributed by atoms with Gasteiger partial charge in [0.25, 0.3) is 0 Å². The largest absolute Gasteiger partial charge is 0.312 e. The second kappa shape index (κ2) is 5.96. The highest BCUT2D eigenvalue weighted by Gasteiger charge is 1.96. The van der Waals surface area contributed by atoms with Crippen LogP contribution in [0.2, 0.25) is 0 Å². The van der Waals surface area contributed by atoms with Crippen molar-refractivity contribution in [2.45, 2.75) is 13.0 Å². The summed E-state index contributed by atoms with van der Waals surface area (Å²) in [5.41, 5.74) is 0. The van der Waals surface area contributed by atoms with Crippen molar-refractivity contribution in [3.05, 3.63) is 0 Å². The molecule has 0 rings (SSSR count). The molecule has 1 N–H and O–H groups in total. The molecule has 1 unspecified atom stereocenters. The van der Waals surface area contributed by atoms with E-state index in [-0.39, 0.29) is 0 Å². The number of nitrogens with zero attached hydrogens (tertiary/aromatic N) is 1. The van der Waals surface area contributed by atoms with Gasteiger partial charge in [0.05, 0.1) is 0 Å². The molecule has 0 heterocycles. The Labute approximate surface area is 68.5 Å². The van der Waals surface area contributed by atoms with Crippen molar-refractivity contribution < 1.29 is 0 Å². The van der Waals surface area contributed by atoms with Crippen molar-refractivity contribution in [1.29, 1.82) is 0 Å². The fourth-order valence-corrected chi connectivity index (χ4v) is 0.698. The number of halogens is 1. The SMILES string of the molecule is CC(CCl)NCCN(C)C. The van der Waals surface area contributed by atoms with E-state index in [0.29, 0.717) is 11.9 Å². The first-order valence-electron chi connectivity index (χ1n) is 3.61. The maximum Gasteiger partial charge on any atom is 0.0374 e. The molecule has 0 amide bonds. The lowest BCUT2D eigenvalue weighted by Crippen LogP contribution is -2.33. The standard InChI is InChI=1S/C7H17ClN2/c1-7(6-8)9-4-5-10(2)3/h7,9H,4-6H2,1-3H3. The van der Waals surface area contributed by atoms with Crippen LogP contribution in [-0.2, 0) is 0 Å². The van der Waals surface area contributed by atoms with Gasteiger partial charge in [-0.3, -0.25) is 0 Å². The number of hydrogen-bond donors (Lipinski definition) is 1. The number of nitrogens with one attached hydrogen (secondary N) is 1. The molecule has 0 saturated carbocycles. The van der Waals surface area contributed by atoms with Gasteiger partial charge in [0.2, 0.25) is 0 Å². The zero-order chi connectivity index (χ0) is 7.98. The minimum Gasteiger partial charge on any atom is -0.312 e. The highest BCUT2D eigenvalue weighted by atomic mass is 35.5. The van der Waals surface area contributed by atoms with Gasteiger partial charge >= 0.3 is 0 Å². The number of hydrogen-bond acceptors (Lipinski definition) is 2. The van der Waals surface area contributed by atoms with Crippen molar-refractivity contribution in [2.75, 3.05) is 33.1 Å². The van der Waals surface area contributed by atoms with Gasteiger partial charge in [0.1, 0.15) is 0 Å². The van der Waals surface area contributed by atoms with Crippen LogP contribution in [0.4, 0.5) is 0 Å². The van der Waals surface area contributed by atoms with Gasteiger partial charge in [-0.2, -0.15) is 0 Å². The topological polar surface area (TPSA) is 15.3 Å². The fourth-order valence-electron chi connectivity index (χ4n) is 0.589. The first-order valence-corrected chi connectivity index (χ1v) is 4.14. The van der Waals surface area contributed by atoms with Crippen LogP contribution in [0.25, 0.3) is 0 Å². The van der Waals surface area contributed by atoms with Gasteiger partial charge in [-0.25, -0.2) is 0 Å². The summed E-state index contributed by atoms with van der Waals surface area (Å²) in [5, 5.41) is 3.29. The molecule has 0 spiro atoms. The van der Waals surface area contributed by atoms with E-state index in [1.807, 2.05) is 0 Å². The Kier molecular flexibility index (Phi) is 6.08. The lowest BCUT2D eigenvalue weighted by molar-refractivity contribution is 0.392. The van der Waals surface area contributed by atoms with Crippen LogP contribution >= 0.6 is 11.6 Å². The molecular weight excluding hydrogens is 148 g/mol. The summed E-state index contributed by atoms with van der Waals surface area (Å²) in [7, 11) is 4.13. The lowest BCUT2D eigenvalue weighted by Gasteiger charge is -2.13. The molecule has 3 heteroatoms. The molecule has 10 heavy (non-hydrogen) atoms. The van der Waals surface area contributed by atoms with Crippen LogP contribution in [0.3, 0.4) is 0 Å². The van der Waals surface area contributed by atoms with Crippen molar-refractivity contribution in [3.8, 4) is 0 Å². The van der Waals surface area contributed by atoms with Gasteiger partial charge in [0.15, 0.2) is 0 Å². The van der Waals surface area contributed by atoms with E-state index in [2.05, 4.69) is 31.2 Å². The molecule has 0 saturated heterocycles. The molecule has 0 aliphatic carbocycles. The van der Waals surface area contributed by atoms with E-state index in [9.17, 15) is 0 Å². The van der Waals surface area contributed by atoms with Crippen LogP contribution in [0.15, 0.2) is 0 Å². The second-order valence-electron chi connectivity index (χ2n) is 2.81. The molecule has 2 nitrogen and oxygen atoms in total. The Balaban J connectivity index is 3.03. The summed E-state index contributed by atoms with van der Waals surface area (Å²) in [4.78, 5) is 2.15. The molecular formula is C7H17ClN2. The van der Waals surface area contributed by atoms with Crippen molar-refractivity contribution in [3.63, 3.8) is 0 Å². The Hall–Kier alpha value is 0.210. The molecule has 0 aromatic carbocycles. The van der Waals surface area contributed by atoms with Crippen LogP contribution in [0, 0.1) is 0 Å². The highest BCUT2D eigenvalue weighted by Crippen LogP contribution is 1.84. The zero-order valence-electron chi connectivity index (χ0n) is 7.02. The highest BCUT2D eigenvalue weighted by molar-refractivity contribution is 6.18. The predicted molar refractivity (Wildman–Crippen MR) is 46.7 cm³/mol. The lowest BCUT2D eigenvalue weighted by atomic mass is 10.4. The monoisotopic (exact) mass is 164 g/mol. The molecule has 0 aromatic rings. The van der Waals surface area contributed by atoms with E-state index in [1.165, 1.54) is 0 Å². The third-order valence-electron chi connectivity index (χ3n) is 1.28. The summed E-state index contributed by atoms with van der Waals surface area (Å²) in [6.07, 6.45) is 0. The van der Waals surface area contributed by atoms with Crippen molar-refractivity contribution >= 4 is 11.6 Å². The van der Waals surface area contributed by atoms with Crippen LogP contribution in [-0.4, -0.2) is 44.0 Å². The molecule has 1 atom stereocenters. The first-order chi connectivity index (χ1) is 4.66. The maximum absolute atomic E-state index is 5.59. The fraction of sp³-hybridized carbons (Fsp3) is 1.00. The Bertz CT molecular complexity index is 76.0. The molecule has 0 aliphatic heterocycles. The molecule has 0 aliphatic rings. The van der Waals surface area contributed by atoms with Gasteiger partial charge < -0.3 is 10.2 Å². The van der Waals surface area contributed by atoms with E-state index in [1.54, 1.807) is 0 Å². The Morgan fingerprint density at radius 3 is 2.50 bits per heavy atom. The van der Waals surface area contributed by atoms with Crippen LogP contribution in [0.5, 0.6) is 0 Å².